The number of carbonyl (C=O) groups excluding carboxylic acids is 2. The van der Waals surface area contributed by atoms with Gasteiger partial charge in [0, 0.05) is 18.3 Å². The molecule has 2 aliphatic heterocycles. The predicted octanol–water partition coefficient (Wildman–Crippen LogP) is 2.51. The van der Waals surface area contributed by atoms with E-state index in [1.807, 2.05) is 20.8 Å². The summed E-state index contributed by atoms with van der Waals surface area (Å²) < 4.78 is 23.6. The number of aliphatic hydroxyl groups excluding tert-OH is 5. The van der Waals surface area contributed by atoms with Crippen LogP contribution in [0.1, 0.15) is 100 Å². The molecule has 11 heteroatoms. The van der Waals surface area contributed by atoms with E-state index in [0.29, 0.717) is 19.3 Å². The Labute approximate surface area is 284 Å². The van der Waals surface area contributed by atoms with Crippen LogP contribution in [0.25, 0.3) is 0 Å². The van der Waals surface area contributed by atoms with Crippen molar-refractivity contribution in [3.05, 3.63) is 0 Å². The van der Waals surface area contributed by atoms with Crippen LogP contribution < -0.4 is 0 Å². The maximum absolute atomic E-state index is 14.3. The van der Waals surface area contributed by atoms with E-state index in [1.54, 1.807) is 0 Å². The molecule has 0 aromatic rings. The monoisotopic (exact) mass is 678 g/mol. The van der Waals surface area contributed by atoms with Crippen molar-refractivity contribution >= 4 is 11.8 Å². The topological polar surface area (TPSA) is 176 Å². The highest BCUT2D eigenvalue weighted by molar-refractivity contribution is 5.90. The summed E-state index contributed by atoms with van der Waals surface area (Å²) in [6.07, 6.45) is -2.79. The zero-order valence-electron chi connectivity index (χ0n) is 29.8. The molecule has 11 nitrogen and oxygen atoms in total. The van der Waals surface area contributed by atoms with Gasteiger partial charge in [-0.25, -0.2) is 0 Å². The first-order valence-corrected chi connectivity index (χ1v) is 18.3. The van der Waals surface area contributed by atoms with E-state index >= 15 is 0 Å². The van der Waals surface area contributed by atoms with E-state index in [2.05, 4.69) is 27.7 Å². The molecular weight excluding hydrogens is 620 g/mol. The lowest BCUT2D eigenvalue weighted by Crippen LogP contribution is -2.64. The van der Waals surface area contributed by atoms with Gasteiger partial charge in [0.2, 0.25) is 0 Å². The van der Waals surface area contributed by atoms with Crippen LogP contribution in [0.5, 0.6) is 0 Å². The van der Waals surface area contributed by atoms with Crippen LogP contribution in [-0.2, 0) is 28.5 Å². The number of hydrogen-bond donors (Lipinski definition) is 5. The molecule has 48 heavy (non-hydrogen) atoms. The number of carbonyl (C=O) groups is 2. The van der Waals surface area contributed by atoms with Gasteiger partial charge in [-0.15, -0.1) is 0 Å². The van der Waals surface area contributed by atoms with Gasteiger partial charge in [-0.05, 0) is 98.2 Å². The highest BCUT2D eigenvalue weighted by Gasteiger charge is 2.86. The molecule has 0 bridgehead atoms. The van der Waals surface area contributed by atoms with Crippen molar-refractivity contribution in [3.8, 4) is 0 Å². The van der Waals surface area contributed by atoms with E-state index < -0.39 is 70.7 Å². The quantitative estimate of drug-likeness (QED) is 0.152. The molecule has 7 fully saturated rings. The summed E-state index contributed by atoms with van der Waals surface area (Å²) >= 11 is 0. The molecular formula is C37H58O11. The third kappa shape index (κ3) is 4.53. The Morgan fingerprint density at radius 2 is 1.62 bits per heavy atom. The smallest absolute Gasteiger partial charge is 0.302 e. The Bertz CT molecular complexity index is 1330. The third-order valence-corrected chi connectivity index (χ3v) is 15.6. The fraction of sp³-hybridized carbons (Fsp3) is 0.946. The molecule has 1 unspecified atom stereocenters. The number of aliphatic hydroxyl groups is 5. The molecule has 2 spiro atoms. The zero-order chi connectivity index (χ0) is 35.1. The summed E-state index contributed by atoms with van der Waals surface area (Å²) in [7, 11) is 0. The summed E-state index contributed by atoms with van der Waals surface area (Å²) in [6, 6.07) is 0. The predicted molar refractivity (Wildman–Crippen MR) is 171 cm³/mol. The van der Waals surface area contributed by atoms with Crippen LogP contribution in [0.4, 0.5) is 0 Å². The van der Waals surface area contributed by atoms with E-state index in [4.69, 9.17) is 18.9 Å². The van der Waals surface area contributed by atoms with Crippen LogP contribution in [0, 0.1) is 50.7 Å². The zero-order valence-corrected chi connectivity index (χ0v) is 29.8. The Hall–Kier alpha value is -1.18. The fourth-order valence-corrected chi connectivity index (χ4v) is 13.2. The summed E-state index contributed by atoms with van der Waals surface area (Å²) in [5.74, 6) is -1.32. The van der Waals surface area contributed by atoms with E-state index in [1.165, 1.54) is 6.92 Å². The summed E-state index contributed by atoms with van der Waals surface area (Å²) in [4.78, 5) is 26.3. The van der Waals surface area contributed by atoms with Gasteiger partial charge in [-0.2, -0.15) is 0 Å². The SMILES string of the molecule is CC(=O)O[C@H](C[C@@H](C)[C@H]1C(=O)[C@H](O)[C@@]2(C)[C@@H]3[C@@H](O)CC4C(C)(C)[C@@H](O[C@@H]5OC[C@@H](O)[C@H](O)[C@H]5O)CC[C@@]45C[C@@]35CC[C@]12C)[C@@H]1OC1(C)C. The van der Waals surface area contributed by atoms with Crippen molar-refractivity contribution < 1.29 is 54.1 Å². The minimum atomic E-state index is -1.37. The van der Waals surface area contributed by atoms with Gasteiger partial charge in [-0.1, -0.05) is 34.6 Å². The van der Waals surface area contributed by atoms with E-state index in [0.717, 1.165) is 25.7 Å². The molecule has 2 saturated heterocycles. The fourth-order valence-electron chi connectivity index (χ4n) is 13.2. The molecule has 0 amide bonds. The van der Waals surface area contributed by atoms with Crippen molar-refractivity contribution in [2.45, 2.75) is 161 Å². The van der Waals surface area contributed by atoms with Gasteiger partial charge in [0.15, 0.2) is 12.1 Å². The van der Waals surface area contributed by atoms with Gasteiger partial charge >= 0.3 is 5.97 Å². The van der Waals surface area contributed by atoms with Gasteiger partial charge in [0.05, 0.1) is 24.4 Å². The number of ether oxygens (including phenoxy) is 4. The second kappa shape index (κ2) is 10.9. The highest BCUT2D eigenvalue weighted by atomic mass is 16.7. The molecule has 5 aliphatic carbocycles. The molecule has 5 N–H and O–H groups in total. The molecule has 5 saturated carbocycles. The summed E-state index contributed by atoms with van der Waals surface area (Å²) in [6.45, 7) is 15.8. The Balaban J connectivity index is 1.14. The number of ketones is 1. The van der Waals surface area contributed by atoms with E-state index in [9.17, 15) is 35.1 Å². The minimum absolute atomic E-state index is 0.0614. The maximum atomic E-state index is 14.3. The first-order chi connectivity index (χ1) is 22.2. The normalized spacial score (nSPS) is 54.2. The average Bonchev–Trinajstić information content (AvgIpc) is 3.84. The van der Waals surface area contributed by atoms with Crippen molar-refractivity contribution in [3.63, 3.8) is 0 Å². The van der Waals surface area contributed by atoms with E-state index in [-0.39, 0.29) is 59.2 Å². The number of hydrogen-bond acceptors (Lipinski definition) is 11. The molecule has 272 valence electrons. The Kier molecular flexibility index (Phi) is 8.01. The minimum Gasteiger partial charge on any atom is -0.460 e. The number of esters is 1. The summed E-state index contributed by atoms with van der Waals surface area (Å²) in [5.41, 5.74) is -2.47. The standard InChI is InChI=1S/C37H58O11/c1-17(13-21(46-18(2)38)30-33(5,6)48-30)24-26(42)29(44)35(8)28-19(39)14-22-32(3,4)23(47-31-27(43)25(41)20(40)15-45-31)9-10-36(22)16-37(28,36)12-11-34(24,35)7/h17,19-25,27-31,39-41,43-44H,9-16H2,1-8H3/t17-,19+,20-,21-,22?,23+,24+,25+,27-,28+,29+,30+,31+,34-,35-,36-,37+/m1/s1. The maximum Gasteiger partial charge on any atom is 0.302 e. The van der Waals surface area contributed by atoms with Gasteiger partial charge in [0.1, 0.15) is 36.6 Å². The van der Waals surface area contributed by atoms with Crippen molar-refractivity contribution in [1.82, 2.24) is 0 Å². The molecule has 7 aliphatic rings. The second-order valence-corrected chi connectivity index (χ2v) is 18.5. The van der Waals surface area contributed by atoms with Crippen molar-refractivity contribution in [2.24, 2.45) is 50.7 Å². The van der Waals surface area contributed by atoms with Crippen molar-refractivity contribution in [1.29, 1.82) is 0 Å². The third-order valence-electron chi connectivity index (χ3n) is 15.6. The van der Waals surface area contributed by atoms with Crippen LogP contribution in [-0.4, -0.2) is 105 Å². The Morgan fingerprint density at radius 1 is 0.958 bits per heavy atom. The van der Waals surface area contributed by atoms with Crippen LogP contribution in [0.15, 0.2) is 0 Å². The molecule has 0 radical (unpaired) electrons. The molecule has 17 atom stereocenters. The van der Waals surface area contributed by atoms with Crippen LogP contribution in [0.3, 0.4) is 0 Å². The lowest BCUT2D eigenvalue weighted by Gasteiger charge is -2.64. The number of epoxide rings is 1. The first kappa shape index (κ1) is 35.2. The van der Waals surface area contributed by atoms with Crippen molar-refractivity contribution in [2.75, 3.05) is 6.61 Å². The average molecular weight is 679 g/mol. The second-order valence-electron chi connectivity index (χ2n) is 18.5. The number of rotatable bonds is 7. The number of fused-ring (bicyclic) bond motifs is 2. The number of Topliss-reactive ketones (excluding diaryl/α,β-unsaturated/α-hetero) is 1. The Morgan fingerprint density at radius 3 is 2.25 bits per heavy atom. The van der Waals surface area contributed by atoms with Crippen LogP contribution >= 0.6 is 0 Å². The van der Waals surface area contributed by atoms with Crippen LogP contribution in [0.2, 0.25) is 0 Å². The first-order valence-electron chi connectivity index (χ1n) is 18.3. The van der Waals surface area contributed by atoms with Gasteiger partial charge < -0.3 is 44.5 Å². The highest BCUT2D eigenvalue weighted by Crippen LogP contribution is 2.89. The van der Waals surface area contributed by atoms with Gasteiger partial charge in [0.25, 0.3) is 0 Å². The lowest BCUT2D eigenvalue weighted by molar-refractivity contribution is -0.305. The molecule has 2 heterocycles. The largest absolute Gasteiger partial charge is 0.460 e. The summed E-state index contributed by atoms with van der Waals surface area (Å²) in [5, 5.41) is 55.1. The van der Waals surface area contributed by atoms with Gasteiger partial charge in [-0.3, -0.25) is 9.59 Å². The molecule has 0 aromatic carbocycles. The molecule has 7 rings (SSSR count). The molecule has 0 aromatic heterocycles. The lowest BCUT2D eigenvalue weighted by atomic mass is 9.40.